The van der Waals surface area contributed by atoms with Gasteiger partial charge in [0.05, 0.1) is 27.4 Å². The first-order valence-electron chi connectivity index (χ1n) is 18.5. The van der Waals surface area contributed by atoms with Gasteiger partial charge in [-0.25, -0.2) is 0 Å². The summed E-state index contributed by atoms with van der Waals surface area (Å²) in [6.07, 6.45) is 8.43. The van der Waals surface area contributed by atoms with Crippen LogP contribution in [0, 0.1) is 13.8 Å². The first-order chi connectivity index (χ1) is 25.3. The molecule has 10 heteroatoms. The van der Waals surface area contributed by atoms with Crippen molar-refractivity contribution in [3.63, 3.8) is 0 Å². The topological polar surface area (TPSA) is 127 Å². The van der Waals surface area contributed by atoms with Crippen molar-refractivity contribution >= 4 is 0 Å². The predicted molar refractivity (Wildman–Crippen MR) is 202 cm³/mol. The van der Waals surface area contributed by atoms with E-state index in [4.69, 9.17) is 18.9 Å². The van der Waals surface area contributed by atoms with E-state index in [0.717, 1.165) is 95.9 Å². The second kappa shape index (κ2) is 17.1. The standard InChI is InChI=1S/C42H54N4O6/c1-29-33(25-51-37-17-15-31(39(45-37)49-3)23-43-41(27-47)19-5-6-20-41)11-9-13-35(29)36-14-10-12-34(30(36)2)26-52-38-18-16-32(40(46-38)50-4)24-44-42(28-48)21-7-8-22-42/h9-18,43-44,47-48H,5-8,19-28H2,1-4H3. The van der Waals surface area contributed by atoms with Gasteiger partial charge < -0.3 is 39.8 Å². The molecule has 52 heavy (non-hydrogen) atoms. The normalized spacial score (nSPS) is 16.2. The number of aromatic nitrogens is 2. The van der Waals surface area contributed by atoms with Crippen LogP contribution in [0.1, 0.15) is 84.7 Å². The number of rotatable bonds is 17. The van der Waals surface area contributed by atoms with Crippen LogP contribution < -0.4 is 29.6 Å². The minimum atomic E-state index is -0.219. The summed E-state index contributed by atoms with van der Waals surface area (Å²) in [4.78, 5) is 9.29. The van der Waals surface area contributed by atoms with Crippen molar-refractivity contribution in [2.24, 2.45) is 0 Å². The number of methoxy groups -OCH3 is 2. The summed E-state index contributed by atoms with van der Waals surface area (Å²) in [5, 5.41) is 27.1. The number of aliphatic hydroxyl groups is 2. The lowest BCUT2D eigenvalue weighted by atomic mass is 9.92. The molecule has 0 unspecified atom stereocenters. The Kier molecular flexibility index (Phi) is 12.3. The lowest BCUT2D eigenvalue weighted by Crippen LogP contribution is -2.45. The molecule has 278 valence electrons. The maximum absolute atomic E-state index is 9.98. The molecule has 10 nitrogen and oxygen atoms in total. The summed E-state index contributed by atoms with van der Waals surface area (Å²) < 4.78 is 23.6. The Bertz CT molecular complexity index is 1670. The van der Waals surface area contributed by atoms with Crippen molar-refractivity contribution in [1.82, 2.24) is 20.6 Å². The molecule has 0 aliphatic heterocycles. The molecule has 2 aliphatic carbocycles. The van der Waals surface area contributed by atoms with Gasteiger partial charge in [0, 0.05) is 47.4 Å². The summed E-state index contributed by atoms with van der Waals surface area (Å²) in [5.41, 5.74) is 8.11. The lowest BCUT2D eigenvalue weighted by Gasteiger charge is -2.28. The average molecular weight is 711 g/mol. The number of ether oxygens (including phenoxy) is 4. The minimum Gasteiger partial charge on any atom is -0.481 e. The van der Waals surface area contributed by atoms with Gasteiger partial charge in [0.25, 0.3) is 0 Å². The van der Waals surface area contributed by atoms with E-state index in [1.807, 2.05) is 24.3 Å². The smallest absolute Gasteiger partial charge is 0.220 e. The molecule has 2 heterocycles. The number of aliphatic hydroxyl groups excluding tert-OH is 2. The molecule has 2 fully saturated rings. The van der Waals surface area contributed by atoms with Crippen LogP contribution in [0.25, 0.3) is 11.1 Å². The summed E-state index contributed by atoms with van der Waals surface area (Å²) in [5.74, 6) is 2.04. The third-order valence-electron chi connectivity index (χ3n) is 11.2. The second-order valence-electron chi connectivity index (χ2n) is 14.4. The van der Waals surface area contributed by atoms with Gasteiger partial charge in [0.1, 0.15) is 13.2 Å². The molecular formula is C42H54N4O6. The Balaban J connectivity index is 1.09. The maximum atomic E-state index is 9.98. The van der Waals surface area contributed by atoms with Gasteiger partial charge >= 0.3 is 0 Å². The molecular weight excluding hydrogens is 656 g/mol. The molecule has 0 spiro atoms. The van der Waals surface area contributed by atoms with Crippen LogP contribution in [0.3, 0.4) is 0 Å². The zero-order valence-corrected chi connectivity index (χ0v) is 31.1. The average Bonchev–Trinajstić information content (AvgIpc) is 3.87. The minimum absolute atomic E-state index is 0.133. The zero-order valence-electron chi connectivity index (χ0n) is 31.1. The number of nitrogens with one attached hydrogen (secondary N) is 2. The number of nitrogens with zero attached hydrogens (tertiary/aromatic N) is 2. The largest absolute Gasteiger partial charge is 0.481 e. The molecule has 0 atom stereocenters. The predicted octanol–water partition coefficient (Wildman–Crippen LogP) is 6.73. The van der Waals surface area contributed by atoms with Crippen LogP contribution in [0.15, 0.2) is 60.7 Å². The first-order valence-corrected chi connectivity index (χ1v) is 18.5. The Hall–Kier alpha value is -4.22. The van der Waals surface area contributed by atoms with Crippen molar-refractivity contribution in [1.29, 1.82) is 0 Å². The lowest BCUT2D eigenvalue weighted by molar-refractivity contribution is 0.162. The summed E-state index contributed by atoms with van der Waals surface area (Å²) in [7, 11) is 3.24. The highest BCUT2D eigenvalue weighted by Gasteiger charge is 2.33. The van der Waals surface area contributed by atoms with Crippen LogP contribution in [-0.2, 0) is 26.3 Å². The van der Waals surface area contributed by atoms with E-state index in [-0.39, 0.29) is 24.3 Å². The fourth-order valence-corrected chi connectivity index (χ4v) is 7.71. The van der Waals surface area contributed by atoms with E-state index in [2.05, 4.69) is 70.8 Å². The fraction of sp³-hybridized carbons (Fsp3) is 0.476. The third-order valence-corrected chi connectivity index (χ3v) is 11.2. The van der Waals surface area contributed by atoms with Crippen molar-refractivity contribution in [3.8, 4) is 34.6 Å². The van der Waals surface area contributed by atoms with Gasteiger partial charge in [-0.1, -0.05) is 62.1 Å². The molecule has 0 bridgehead atoms. The molecule has 0 radical (unpaired) electrons. The van der Waals surface area contributed by atoms with Gasteiger partial charge in [-0.2, -0.15) is 9.97 Å². The van der Waals surface area contributed by atoms with E-state index in [9.17, 15) is 10.2 Å². The SMILES string of the molecule is COc1nc(OCc2cccc(-c3cccc(COc4ccc(CNC5(CO)CCCC5)c(OC)n4)c3C)c2C)ccc1CNC1(CO)CCCC1. The van der Waals surface area contributed by atoms with Gasteiger partial charge in [0.2, 0.25) is 23.5 Å². The molecule has 0 saturated heterocycles. The maximum Gasteiger partial charge on any atom is 0.220 e. The number of pyridine rings is 2. The van der Waals surface area contributed by atoms with E-state index in [0.29, 0.717) is 49.8 Å². The Labute approximate surface area is 307 Å². The van der Waals surface area contributed by atoms with Gasteiger partial charge in [-0.05, 0) is 85.0 Å². The second-order valence-corrected chi connectivity index (χ2v) is 14.4. The highest BCUT2D eigenvalue weighted by Crippen LogP contribution is 2.34. The first kappa shape index (κ1) is 37.5. The summed E-state index contributed by atoms with van der Waals surface area (Å²) >= 11 is 0. The van der Waals surface area contributed by atoms with Gasteiger partial charge in [0.15, 0.2) is 0 Å². The monoisotopic (exact) mass is 710 g/mol. The molecule has 2 aliphatic rings. The molecule has 2 aromatic carbocycles. The van der Waals surface area contributed by atoms with Gasteiger partial charge in [-0.15, -0.1) is 0 Å². The van der Waals surface area contributed by atoms with E-state index >= 15 is 0 Å². The molecule has 2 aromatic heterocycles. The third kappa shape index (κ3) is 8.52. The van der Waals surface area contributed by atoms with E-state index < -0.39 is 0 Å². The Morgan fingerprint density at radius 2 is 0.981 bits per heavy atom. The van der Waals surface area contributed by atoms with Crippen LogP contribution in [-0.4, -0.2) is 58.7 Å². The van der Waals surface area contributed by atoms with Gasteiger partial charge in [-0.3, -0.25) is 0 Å². The van der Waals surface area contributed by atoms with E-state index in [1.54, 1.807) is 14.2 Å². The van der Waals surface area contributed by atoms with Crippen LogP contribution >= 0.6 is 0 Å². The number of hydrogen-bond acceptors (Lipinski definition) is 10. The fourth-order valence-electron chi connectivity index (χ4n) is 7.71. The molecule has 2 saturated carbocycles. The van der Waals surface area contributed by atoms with Crippen molar-refractivity contribution in [2.75, 3.05) is 27.4 Å². The summed E-state index contributed by atoms with van der Waals surface area (Å²) in [6.45, 7) is 6.39. The Morgan fingerprint density at radius 1 is 0.577 bits per heavy atom. The van der Waals surface area contributed by atoms with Crippen LogP contribution in [0.2, 0.25) is 0 Å². The van der Waals surface area contributed by atoms with Crippen molar-refractivity contribution in [2.45, 2.75) is 103 Å². The van der Waals surface area contributed by atoms with Crippen LogP contribution in [0.5, 0.6) is 23.5 Å². The highest BCUT2D eigenvalue weighted by atomic mass is 16.5. The van der Waals surface area contributed by atoms with Crippen molar-refractivity contribution in [3.05, 3.63) is 94.0 Å². The highest BCUT2D eigenvalue weighted by molar-refractivity contribution is 5.72. The van der Waals surface area contributed by atoms with Crippen molar-refractivity contribution < 1.29 is 29.2 Å². The number of hydrogen-bond donors (Lipinski definition) is 4. The number of benzene rings is 2. The molecule has 0 amide bonds. The molecule has 6 rings (SSSR count). The van der Waals surface area contributed by atoms with Crippen LogP contribution in [0.4, 0.5) is 0 Å². The molecule has 4 N–H and O–H groups in total. The zero-order chi connectivity index (χ0) is 36.6. The Morgan fingerprint density at radius 3 is 1.35 bits per heavy atom. The summed E-state index contributed by atoms with van der Waals surface area (Å²) in [6, 6.07) is 20.3. The molecule has 4 aromatic rings. The van der Waals surface area contributed by atoms with E-state index in [1.165, 1.54) is 0 Å². The quantitative estimate of drug-likeness (QED) is 0.0938.